The molecule has 0 saturated carbocycles. The molecule has 0 radical (unpaired) electrons. The zero-order valence-electron chi connectivity index (χ0n) is 18.6. The first-order valence-corrected chi connectivity index (χ1v) is 10.5. The summed E-state index contributed by atoms with van der Waals surface area (Å²) in [5.41, 5.74) is 1.24. The fourth-order valence-electron chi connectivity index (χ4n) is 4.08. The molecule has 162 valence electrons. The molecule has 0 fully saturated rings. The van der Waals surface area contributed by atoms with Gasteiger partial charge in [-0.05, 0) is 45.7 Å². The topological polar surface area (TPSA) is 65.1 Å². The molecule has 6 nitrogen and oxygen atoms in total. The van der Waals surface area contributed by atoms with Gasteiger partial charge in [0.2, 0.25) is 0 Å². The average Bonchev–Trinajstić information content (AvgIpc) is 2.66. The highest BCUT2D eigenvalue weighted by molar-refractivity contribution is 5.72. The van der Waals surface area contributed by atoms with E-state index in [-0.39, 0.29) is 18.6 Å². The van der Waals surface area contributed by atoms with E-state index in [9.17, 15) is 9.59 Å². The summed E-state index contributed by atoms with van der Waals surface area (Å²) in [5, 5.41) is 0. The van der Waals surface area contributed by atoms with Gasteiger partial charge >= 0.3 is 6.09 Å². The molecule has 1 aromatic carbocycles. The third-order valence-electron chi connectivity index (χ3n) is 5.28. The Kier molecular flexibility index (Phi) is 7.94. The lowest BCUT2D eigenvalue weighted by molar-refractivity contribution is -0.109. The van der Waals surface area contributed by atoms with Crippen LogP contribution in [-0.4, -0.2) is 43.1 Å². The van der Waals surface area contributed by atoms with Gasteiger partial charge in [-0.25, -0.2) is 4.79 Å². The van der Waals surface area contributed by atoms with Crippen molar-refractivity contribution < 1.29 is 23.8 Å². The van der Waals surface area contributed by atoms with Crippen LogP contribution in [-0.2, 0) is 16.0 Å². The van der Waals surface area contributed by atoms with Crippen molar-refractivity contribution in [1.29, 1.82) is 0 Å². The molecule has 0 saturated heterocycles. The number of nitrogens with zero attached hydrogens (tertiary/aromatic N) is 1. The zero-order valence-corrected chi connectivity index (χ0v) is 18.6. The van der Waals surface area contributed by atoms with Gasteiger partial charge in [-0.3, -0.25) is 4.90 Å². The fraction of sp³-hybridized carbons (Fsp3) is 0.652. The molecule has 0 aromatic heterocycles. The first-order valence-electron chi connectivity index (χ1n) is 10.5. The summed E-state index contributed by atoms with van der Waals surface area (Å²) >= 11 is 0. The van der Waals surface area contributed by atoms with Crippen LogP contribution < -0.4 is 9.47 Å². The number of hydrogen-bond donors (Lipinski definition) is 0. The SMILES string of the molecule is CCCCC[C@H]1Cc2c(OC)ccc(OC)c2[C@H](CC=O)N1C(=O)OC(C)(C)C. The van der Waals surface area contributed by atoms with Gasteiger partial charge in [-0.15, -0.1) is 0 Å². The molecule has 1 amide bonds. The van der Waals surface area contributed by atoms with E-state index in [0.29, 0.717) is 12.2 Å². The number of methoxy groups -OCH3 is 2. The van der Waals surface area contributed by atoms with E-state index in [4.69, 9.17) is 14.2 Å². The van der Waals surface area contributed by atoms with Crippen LogP contribution in [0.1, 0.15) is 77.0 Å². The van der Waals surface area contributed by atoms with Crippen molar-refractivity contribution in [1.82, 2.24) is 4.90 Å². The molecule has 0 bridgehead atoms. The first kappa shape index (κ1) is 23.0. The molecule has 1 aliphatic rings. The number of benzene rings is 1. The minimum atomic E-state index is -0.616. The largest absolute Gasteiger partial charge is 0.496 e. The summed E-state index contributed by atoms with van der Waals surface area (Å²) < 4.78 is 16.9. The standard InChI is InChI=1S/C23H35NO5/c1-7-8-9-10-16-15-17-19(27-5)11-12-20(28-6)21(17)18(13-14-25)24(16)22(26)29-23(2,3)4/h11-12,14,16,18H,7-10,13,15H2,1-6H3/t16-,18-/m0/s1. The zero-order chi connectivity index (χ0) is 21.6. The van der Waals surface area contributed by atoms with Gasteiger partial charge in [-0.1, -0.05) is 26.2 Å². The minimum absolute atomic E-state index is 0.0603. The van der Waals surface area contributed by atoms with Crippen LogP contribution in [0.4, 0.5) is 4.79 Å². The van der Waals surface area contributed by atoms with Crippen molar-refractivity contribution in [3.63, 3.8) is 0 Å². The van der Waals surface area contributed by atoms with Crippen LogP contribution in [0, 0.1) is 0 Å². The minimum Gasteiger partial charge on any atom is -0.496 e. The number of rotatable bonds is 8. The Morgan fingerprint density at radius 2 is 1.83 bits per heavy atom. The molecule has 6 heteroatoms. The Morgan fingerprint density at radius 3 is 2.38 bits per heavy atom. The Labute approximate surface area is 174 Å². The third-order valence-corrected chi connectivity index (χ3v) is 5.28. The Bertz CT molecular complexity index is 710. The van der Waals surface area contributed by atoms with Gasteiger partial charge in [0.15, 0.2) is 0 Å². The number of ether oxygens (including phenoxy) is 3. The maximum atomic E-state index is 13.2. The van der Waals surface area contributed by atoms with Crippen molar-refractivity contribution in [3.8, 4) is 11.5 Å². The van der Waals surface area contributed by atoms with Gasteiger partial charge < -0.3 is 19.0 Å². The van der Waals surface area contributed by atoms with Crippen LogP contribution >= 0.6 is 0 Å². The predicted molar refractivity (Wildman–Crippen MR) is 113 cm³/mol. The number of amides is 1. The number of hydrogen-bond acceptors (Lipinski definition) is 5. The van der Waals surface area contributed by atoms with E-state index in [1.54, 1.807) is 19.1 Å². The summed E-state index contributed by atoms with van der Waals surface area (Å²) in [7, 11) is 3.24. The molecule has 2 rings (SSSR count). The van der Waals surface area contributed by atoms with E-state index in [1.807, 2.05) is 32.9 Å². The van der Waals surface area contributed by atoms with E-state index in [1.165, 1.54) is 0 Å². The molecule has 1 heterocycles. The Morgan fingerprint density at radius 1 is 1.17 bits per heavy atom. The molecule has 29 heavy (non-hydrogen) atoms. The van der Waals surface area contributed by atoms with E-state index < -0.39 is 11.6 Å². The molecule has 1 aromatic rings. The van der Waals surface area contributed by atoms with Crippen molar-refractivity contribution in [2.45, 2.75) is 83.9 Å². The van der Waals surface area contributed by atoms with E-state index >= 15 is 0 Å². The lowest BCUT2D eigenvalue weighted by Gasteiger charge is -2.44. The lowest BCUT2D eigenvalue weighted by Crippen LogP contribution is -2.49. The van der Waals surface area contributed by atoms with Crippen LogP contribution in [0.25, 0.3) is 0 Å². The van der Waals surface area contributed by atoms with Crippen LogP contribution in [0.5, 0.6) is 11.5 Å². The molecule has 0 aliphatic carbocycles. The highest BCUT2D eigenvalue weighted by atomic mass is 16.6. The van der Waals surface area contributed by atoms with Crippen molar-refractivity contribution >= 4 is 12.4 Å². The first-order chi connectivity index (χ1) is 13.8. The van der Waals surface area contributed by atoms with Crippen molar-refractivity contribution in [2.24, 2.45) is 0 Å². The summed E-state index contributed by atoms with van der Waals surface area (Å²) in [4.78, 5) is 26.6. The third kappa shape index (κ3) is 5.43. The summed E-state index contributed by atoms with van der Waals surface area (Å²) in [6.45, 7) is 7.72. The van der Waals surface area contributed by atoms with Crippen LogP contribution in [0.15, 0.2) is 12.1 Å². The summed E-state index contributed by atoms with van der Waals surface area (Å²) in [6, 6.07) is 3.22. The maximum Gasteiger partial charge on any atom is 0.411 e. The molecule has 1 aliphatic heterocycles. The number of fused-ring (bicyclic) bond motifs is 1. The molecular formula is C23H35NO5. The van der Waals surface area contributed by atoms with Gasteiger partial charge in [0.25, 0.3) is 0 Å². The number of unbranched alkanes of at least 4 members (excludes halogenated alkanes) is 2. The van der Waals surface area contributed by atoms with Crippen molar-refractivity contribution in [2.75, 3.05) is 14.2 Å². The highest BCUT2D eigenvalue weighted by Crippen LogP contribution is 2.45. The second kappa shape index (κ2) is 9.99. The van der Waals surface area contributed by atoms with E-state index in [0.717, 1.165) is 48.8 Å². The van der Waals surface area contributed by atoms with Gasteiger partial charge in [0.05, 0.1) is 20.3 Å². The smallest absolute Gasteiger partial charge is 0.411 e. The second-order valence-corrected chi connectivity index (χ2v) is 8.52. The predicted octanol–water partition coefficient (Wildman–Crippen LogP) is 5.08. The number of carbonyl (C=O) groups is 2. The van der Waals surface area contributed by atoms with Crippen LogP contribution in [0.3, 0.4) is 0 Å². The quantitative estimate of drug-likeness (QED) is 0.446. The molecular weight excluding hydrogens is 370 g/mol. The van der Waals surface area contributed by atoms with Crippen LogP contribution in [0.2, 0.25) is 0 Å². The lowest BCUT2D eigenvalue weighted by atomic mass is 9.84. The molecule has 0 spiro atoms. The van der Waals surface area contributed by atoms with Gasteiger partial charge in [0.1, 0.15) is 23.4 Å². The van der Waals surface area contributed by atoms with Gasteiger partial charge in [0, 0.05) is 23.6 Å². The normalized spacial score (nSPS) is 18.8. The Hall–Kier alpha value is -2.24. The molecule has 0 unspecified atom stereocenters. The van der Waals surface area contributed by atoms with Gasteiger partial charge in [-0.2, -0.15) is 0 Å². The molecule has 0 N–H and O–H groups in total. The fourth-order valence-corrected chi connectivity index (χ4v) is 4.08. The average molecular weight is 406 g/mol. The van der Waals surface area contributed by atoms with Crippen molar-refractivity contribution in [3.05, 3.63) is 23.3 Å². The van der Waals surface area contributed by atoms with E-state index in [2.05, 4.69) is 6.92 Å². The summed E-state index contributed by atoms with van der Waals surface area (Å²) in [6.07, 6.45) is 5.36. The second-order valence-electron chi connectivity index (χ2n) is 8.52. The highest BCUT2D eigenvalue weighted by Gasteiger charge is 2.42. The monoisotopic (exact) mass is 405 g/mol. The molecule has 2 atom stereocenters. The Balaban J connectivity index is 2.57. The number of aldehydes is 1. The number of carbonyl (C=O) groups excluding carboxylic acids is 2. The summed E-state index contributed by atoms with van der Waals surface area (Å²) in [5.74, 6) is 1.43. The maximum absolute atomic E-state index is 13.2.